The minimum atomic E-state index is -0.00405. The van der Waals surface area contributed by atoms with Crippen molar-refractivity contribution in [2.75, 3.05) is 0 Å². The van der Waals surface area contributed by atoms with E-state index in [1.807, 2.05) is 19.9 Å². The third-order valence-corrected chi connectivity index (χ3v) is 3.80. The van der Waals surface area contributed by atoms with E-state index in [4.69, 9.17) is 0 Å². The Morgan fingerprint density at radius 1 is 1.42 bits per heavy atom. The third-order valence-electron chi connectivity index (χ3n) is 3.80. The van der Waals surface area contributed by atoms with Gasteiger partial charge in [0.25, 0.3) is 0 Å². The second-order valence-electron chi connectivity index (χ2n) is 6.11. The number of benzene rings is 1. The van der Waals surface area contributed by atoms with Crippen LogP contribution in [-0.2, 0) is 11.2 Å². The number of carbonyl (C=O) groups excluding carboxylic acids is 1. The number of rotatable bonds is 3. The van der Waals surface area contributed by atoms with Crippen LogP contribution >= 0.6 is 0 Å². The standard InChI is InChI=1S/C17H23NO/c1-5-12(2)16(19)10-15-14-9-7-6-8-13(14)11-17(3,4)18-15/h6-10,12,18H,5,11H2,1-4H3/b15-10-. The van der Waals surface area contributed by atoms with Crippen LogP contribution in [0.25, 0.3) is 5.70 Å². The molecule has 0 radical (unpaired) electrons. The SMILES string of the molecule is CCC(C)C(=O)/C=C1\NC(C)(C)Cc2ccccc21. The lowest BCUT2D eigenvalue weighted by atomic mass is 9.85. The average molecular weight is 257 g/mol. The zero-order valence-corrected chi connectivity index (χ0v) is 12.3. The van der Waals surface area contributed by atoms with E-state index in [-0.39, 0.29) is 17.2 Å². The Labute approximate surface area is 115 Å². The highest BCUT2D eigenvalue weighted by atomic mass is 16.1. The molecule has 1 N–H and O–H groups in total. The fourth-order valence-corrected chi connectivity index (χ4v) is 2.49. The summed E-state index contributed by atoms with van der Waals surface area (Å²) in [6, 6.07) is 8.33. The molecule has 2 heteroatoms. The number of hydrogen-bond donors (Lipinski definition) is 1. The van der Waals surface area contributed by atoms with E-state index >= 15 is 0 Å². The Kier molecular flexibility index (Phi) is 3.79. The fourth-order valence-electron chi connectivity index (χ4n) is 2.49. The van der Waals surface area contributed by atoms with Crippen molar-refractivity contribution < 1.29 is 4.79 Å². The highest BCUT2D eigenvalue weighted by Gasteiger charge is 2.27. The summed E-state index contributed by atoms with van der Waals surface area (Å²) in [6.07, 6.45) is 3.65. The fraction of sp³-hybridized carbons (Fsp3) is 0.471. The van der Waals surface area contributed by atoms with Crippen LogP contribution in [0.3, 0.4) is 0 Å². The maximum Gasteiger partial charge on any atom is 0.160 e. The molecule has 0 fully saturated rings. The highest BCUT2D eigenvalue weighted by Crippen LogP contribution is 2.29. The molecule has 1 aliphatic heterocycles. The lowest BCUT2D eigenvalue weighted by molar-refractivity contribution is -0.117. The van der Waals surface area contributed by atoms with Gasteiger partial charge in [-0.1, -0.05) is 38.1 Å². The lowest BCUT2D eigenvalue weighted by Crippen LogP contribution is -2.43. The normalized spacial score (nSPS) is 20.5. The van der Waals surface area contributed by atoms with Gasteiger partial charge in [0.05, 0.1) is 0 Å². The second kappa shape index (κ2) is 5.20. The summed E-state index contributed by atoms with van der Waals surface area (Å²) in [7, 11) is 0. The smallest absolute Gasteiger partial charge is 0.160 e. The number of fused-ring (bicyclic) bond motifs is 1. The first-order valence-electron chi connectivity index (χ1n) is 7.05. The van der Waals surface area contributed by atoms with Gasteiger partial charge in [0.15, 0.2) is 5.78 Å². The minimum absolute atomic E-state index is 0.00405. The second-order valence-corrected chi connectivity index (χ2v) is 6.11. The minimum Gasteiger partial charge on any atom is -0.379 e. The Bertz CT molecular complexity index is 514. The van der Waals surface area contributed by atoms with Crippen molar-refractivity contribution in [3.05, 3.63) is 41.5 Å². The summed E-state index contributed by atoms with van der Waals surface area (Å²) in [5, 5.41) is 3.50. The molecule has 1 heterocycles. The molecule has 0 saturated heterocycles. The Balaban J connectivity index is 2.40. The molecular formula is C17H23NO. The lowest BCUT2D eigenvalue weighted by Gasteiger charge is -2.35. The zero-order valence-electron chi connectivity index (χ0n) is 12.3. The molecule has 1 atom stereocenters. The van der Waals surface area contributed by atoms with E-state index in [9.17, 15) is 4.79 Å². The van der Waals surface area contributed by atoms with Gasteiger partial charge in [-0.05, 0) is 32.3 Å². The molecule has 0 aromatic heterocycles. The van der Waals surface area contributed by atoms with E-state index in [0.29, 0.717) is 0 Å². The molecule has 1 aromatic carbocycles. The first kappa shape index (κ1) is 13.9. The van der Waals surface area contributed by atoms with Crippen LogP contribution in [0, 0.1) is 5.92 Å². The molecule has 1 unspecified atom stereocenters. The van der Waals surface area contributed by atoms with E-state index in [1.54, 1.807) is 6.08 Å². The Hall–Kier alpha value is -1.57. The molecule has 0 spiro atoms. The molecule has 2 rings (SSSR count). The van der Waals surface area contributed by atoms with E-state index in [1.165, 1.54) is 11.1 Å². The average Bonchev–Trinajstić information content (AvgIpc) is 2.36. The van der Waals surface area contributed by atoms with Crippen LogP contribution < -0.4 is 5.32 Å². The zero-order chi connectivity index (χ0) is 14.0. The maximum atomic E-state index is 12.1. The molecule has 0 aliphatic carbocycles. The molecule has 19 heavy (non-hydrogen) atoms. The van der Waals surface area contributed by atoms with Crippen molar-refractivity contribution in [3.63, 3.8) is 0 Å². The van der Waals surface area contributed by atoms with Gasteiger partial charge in [0, 0.05) is 28.8 Å². The quantitative estimate of drug-likeness (QED) is 0.839. The Morgan fingerprint density at radius 2 is 2.11 bits per heavy atom. The highest BCUT2D eigenvalue weighted by molar-refractivity contribution is 5.98. The molecule has 1 aliphatic rings. The van der Waals surface area contributed by atoms with Crippen LogP contribution in [0.4, 0.5) is 0 Å². The monoisotopic (exact) mass is 257 g/mol. The Morgan fingerprint density at radius 3 is 2.79 bits per heavy atom. The van der Waals surface area contributed by atoms with Crippen molar-refractivity contribution in [1.82, 2.24) is 5.32 Å². The van der Waals surface area contributed by atoms with Gasteiger partial charge >= 0.3 is 0 Å². The van der Waals surface area contributed by atoms with Crippen LogP contribution in [0.15, 0.2) is 30.3 Å². The van der Waals surface area contributed by atoms with Crippen molar-refractivity contribution in [3.8, 4) is 0 Å². The van der Waals surface area contributed by atoms with Crippen LogP contribution in [0.1, 0.15) is 45.2 Å². The summed E-state index contributed by atoms with van der Waals surface area (Å²) < 4.78 is 0. The van der Waals surface area contributed by atoms with Crippen molar-refractivity contribution in [2.45, 2.75) is 46.1 Å². The number of ketones is 1. The first-order valence-corrected chi connectivity index (χ1v) is 7.05. The van der Waals surface area contributed by atoms with Crippen molar-refractivity contribution in [1.29, 1.82) is 0 Å². The van der Waals surface area contributed by atoms with Gasteiger partial charge in [0.2, 0.25) is 0 Å². The summed E-state index contributed by atoms with van der Waals surface area (Å²) >= 11 is 0. The summed E-state index contributed by atoms with van der Waals surface area (Å²) in [6.45, 7) is 8.38. The van der Waals surface area contributed by atoms with E-state index in [2.05, 4.69) is 37.4 Å². The van der Waals surface area contributed by atoms with Gasteiger partial charge in [-0.25, -0.2) is 0 Å². The summed E-state index contributed by atoms with van der Waals surface area (Å²) in [4.78, 5) is 12.1. The number of allylic oxidation sites excluding steroid dienone is 1. The molecule has 0 saturated carbocycles. The molecule has 102 valence electrons. The van der Waals surface area contributed by atoms with Gasteiger partial charge in [0.1, 0.15) is 0 Å². The van der Waals surface area contributed by atoms with E-state index in [0.717, 1.165) is 18.5 Å². The topological polar surface area (TPSA) is 29.1 Å². The maximum absolute atomic E-state index is 12.1. The predicted octanol–water partition coefficient (Wildman–Crippen LogP) is 3.57. The number of nitrogens with one attached hydrogen (secondary N) is 1. The predicted molar refractivity (Wildman–Crippen MR) is 79.8 cm³/mol. The molecule has 2 nitrogen and oxygen atoms in total. The molecule has 0 amide bonds. The molecule has 1 aromatic rings. The largest absolute Gasteiger partial charge is 0.379 e. The van der Waals surface area contributed by atoms with Gasteiger partial charge in [-0.15, -0.1) is 0 Å². The summed E-state index contributed by atoms with van der Waals surface area (Å²) in [5.41, 5.74) is 3.45. The van der Waals surface area contributed by atoms with Crippen molar-refractivity contribution >= 4 is 11.5 Å². The summed E-state index contributed by atoms with van der Waals surface area (Å²) in [5.74, 6) is 0.295. The third kappa shape index (κ3) is 3.06. The first-order chi connectivity index (χ1) is 8.93. The van der Waals surface area contributed by atoms with E-state index < -0.39 is 0 Å². The van der Waals surface area contributed by atoms with Gasteiger partial charge in [-0.3, -0.25) is 4.79 Å². The van der Waals surface area contributed by atoms with Crippen molar-refractivity contribution in [2.24, 2.45) is 5.92 Å². The van der Waals surface area contributed by atoms with Crippen LogP contribution in [0.5, 0.6) is 0 Å². The number of carbonyl (C=O) groups is 1. The number of hydrogen-bond acceptors (Lipinski definition) is 2. The van der Waals surface area contributed by atoms with Crippen LogP contribution in [0.2, 0.25) is 0 Å². The molecule has 0 bridgehead atoms. The van der Waals surface area contributed by atoms with Crippen LogP contribution in [-0.4, -0.2) is 11.3 Å². The van der Waals surface area contributed by atoms with Gasteiger partial charge < -0.3 is 5.32 Å². The van der Waals surface area contributed by atoms with Gasteiger partial charge in [-0.2, -0.15) is 0 Å². The molecular weight excluding hydrogens is 234 g/mol.